The van der Waals surface area contributed by atoms with Gasteiger partial charge >= 0.3 is 0 Å². The van der Waals surface area contributed by atoms with Gasteiger partial charge in [0, 0.05) is 10.9 Å². The second-order valence-corrected chi connectivity index (χ2v) is 6.50. The molecule has 1 amide bonds. The highest BCUT2D eigenvalue weighted by atomic mass is 32.1. The van der Waals surface area contributed by atoms with Crippen LogP contribution in [0.1, 0.15) is 12.6 Å². The first-order valence-corrected chi connectivity index (χ1v) is 9.35. The van der Waals surface area contributed by atoms with E-state index in [-0.39, 0.29) is 11.4 Å². The van der Waals surface area contributed by atoms with Crippen LogP contribution in [0.15, 0.2) is 59.5 Å². The zero-order valence-corrected chi connectivity index (χ0v) is 15.8. The molecule has 0 bridgehead atoms. The maximum Gasteiger partial charge on any atom is 0.266 e. The zero-order chi connectivity index (χ0) is 19.9. The van der Waals surface area contributed by atoms with Crippen molar-refractivity contribution in [3.05, 3.63) is 71.0 Å². The summed E-state index contributed by atoms with van der Waals surface area (Å²) in [5.74, 6) is -0.343. The van der Waals surface area contributed by atoms with Gasteiger partial charge in [-0.05, 0) is 49.4 Å². The molecule has 0 spiro atoms. The number of benzene rings is 2. The number of thiazole rings is 1. The Balaban J connectivity index is 1.80. The van der Waals surface area contributed by atoms with Crippen molar-refractivity contribution in [3.63, 3.8) is 0 Å². The molecule has 2 aromatic carbocycles. The van der Waals surface area contributed by atoms with Crippen LogP contribution < -0.4 is 10.1 Å². The number of hydrogen-bond acceptors (Lipinski definition) is 5. The lowest BCUT2D eigenvalue weighted by Gasteiger charge is -2.10. The molecule has 3 rings (SSSR count). The van der Waals surface area contributed by atoms with E-state index in [0.717, 1.165) is 5.56 Å². The second kappa shape index (κ2) is 8.93. The molecule has 0 radical (unpaired) electrons. The highest BCUT2D eigenvalue weighted by Gasteiger charge is 2.13. The van der Waals surface area contributed by atoms with Crippen LogP contribution in [0.25, 0.3) is 16.6 Å². The molecule has 0 saturated carbocycles. The van der Waals surface area contributed by atoms with Crippen molar-refractivity contribution in [2.45, 2.75) is 6.92 Å². The van der Waals surface area contributed by atoms with Gasteiger partial charge in [0.05, 0.1) is 18.0 Å². The van der Waals surface area contributed by atoms with E-state index >= 15 is 0 Å². The van der Waals surface area contributed by atoms with Gasteiger partial charge in [-0.15, -0.1) is 11.3 Å². The number of anilines is 1. The second-order valence-electron chi connectivity index (χ2n) is 5.64. The molecule has 1 aromatic heterocycles. The number of hydrogen-bond donors (Lipinski definition) is 1. The van der Waals surface area contributed by atoms with Gasteiger partial charge in [-0.3, -0.25) is 4.79 Å². The summed E-state index contributed by atoms with van der Waals surface area (Å²) in [6.07, 6.45) is 1.42. The molecule has 5 nitrogen and oxygen atoms in total. The third-order valence-corrected chi connectivity index (χ3v) is 4.62. The van der Waals surface area contributed by atoms with Crippen molar-refractivity contribution in [2.24, 2.45) is 0 Å². The third-order valence-electron chi connectivity index (χ3n) is 3.71. The predicted molar refractivity (Wildman–Crippen MR) is 107 cm³/mol. The van der Waals surface area contributed by atoms with E-state index in [0.29, 0.717) is 28.7 Å². The molecule has 0 saturated heterocycles. The van der Waals surface area contributed by atoms with Gasteiger partial charge in [-0.25, -0.2) is 9.37 Å². The van der Waals surface area contributed by atoms with Crippen LogP contribution in [0.4, 0.5) is 10.1 Å². The molecule has 7 heteroatoms. The lowest BCUT2D eigenvalue weighted by molar-refractivity contribution is -0.112. The largest absolute Gasteiger partial charge is 0.492 e. The van der Waals surface area contributed by atoms with Crippen molar-refractivity contribution in [1.29, 1.82) is 5.26 Å². The molecule has 0 aliphatic heterocycles. The lowest BCUT2D eigenvalue weighted by atomic mass is 10.2. The summed E-state index contributed by atoms with van der Waals surface area (Å²) in [6.45, 7) is 2.30. The molecule has 0 atom stereocenters. The van der Waals surface area contributed by atoms with Gasteiger partial charge in [0.1, 0.15) is 28.2 Å². The summed E-state index contributed by atoms with van der Waals surface area (Å²) in [6, 6.07) is 14.9. The number of nitrogens with zero attached hydrogens (tertiary/aromatic N) is 2. The number of aromatic nitrogens is 1. The molecular formula is C21H16FN3O2S. The lowest BCUT2D eigenvalue weighted by Crippen LogP contribution is -2.14. The normalized spacial score (nSPS) is 11.0. The zero-order valence-electron chi connectivity index (χ0n) is 15.0. The Kier molecular flexibility index (Phi) is 6.14. The van der Waals surface area contributed by atoms with E-state index < -0.39 is 5.91 Å². The number of halogens is 1. The Morgan fingerprint density at radius 3 is 2.75 bits per heavy atom. The summed E-state index contributed by atoms with van der Waals surface area (Å²) in [7, 11) is 0. The maximum absolute atomic E-state index is 13.1. The Morgan fingerprint density at radius 1 is 1.29 bits per heavy atom. The first-order valence-electron chi connectivity index (χ1n) is 8.47. The number of nitrogens with one attached hydrogen (secondary N) is 1. The SMILES string of the molecule is CCOc1ccccc1NC(=O)/C(C#N)=C/c1csc(-c2ccc(F)cc2)n1. The minimum atomic E-state index is -0.550. The highest BCUT2D eigenvalue weighted by Crippen LogP contribution is 2.26. The van der Waals surface area contributed by atoms with Gasteiger partial charge in [0.25, 0.3) is 5.91 Å². The first-order chi connectivity index (χ1) is 13.6. The molecule has 0 aliphatic rings. The van der Waals surface area contributed by atoms with Crippen molar-refractivity contribution < 1.29 is 13.9 Å². The molecule has 28 heavy (non-hydrogen) atoms. The highest BCUT2D eigenvalue weighted by molar-refractivity contribution is 7.13. The van der Waals surface area contributed by atoms with Gasteiger partial charge in [-0.1, -0.05) is 12.1 Å². The van der Waals surface area contributed by atoms with Gasteiger partial charge in [-0.2, -0.15) is 5.26 Å². The van der Waals surface area contributed by atoms with Crippen LogP contribution in [0.2, 0.25) is 0 Å². The average Bonchev–Trinajstić information content (AvgIpc) is 3.17. The Bertz CT molecular complexity index is 1050. The van der Waals surface area contributed by atoms with E-state index in [1.54, 1.807) is 41.8 Å². The molecule has 140 valence electrons. The van der Waals surface area contributed by atoms with Crippen LogP contribution in [-0.2, 0) is 4.79 Å². The summed E-state index contributed by atoms with van der Waals surface area (Å²) in [5, 5.41) is 14.5. The van der Waals surface area contributed by atoms with E-state index in [2.05, 4.69) is 10.3 Å². The topological polar surface area (TPSA) is 75.0 Å². The average molecular weight is 393 g/mol. The quantitative estimate of drug-likeness (QED) is 0.478. The Labute approximate surface area is 165 Å². The summed E-state index contributed by atoms with van der Waals surface area (Å²) >= 11 is 1.35. The Morgan fingerprint density at radius 2 is 2.04 bits per heavy atom. The van der Waals surface area contributed by atoms with Crippen LogP contribution >= 0.6 is 11.3 Å². The van der Waals surface area contributed by atoms with Crippen LogP contribution in [0, 0.1) is 17.1 Å². The number of nitriles is 1. The van der Waals surface area contributed by atoms with Crippen LogP contribution in [0.3, 0.4) is 0 Å². The number of ether oxygens (including phenoxy) is 1. The van der Waals surface area contributed by atoms with Crippen molar-refractivity contribution >= 4 is 29.0 Å². The number of rotatable bonds is 6. The smallest absolute Gasteiger partial charge is 0.266 e. The van der Waals surface area contributed by atoms with Gasteiger partial charge < -0.3 is 10.1 Å². The molecule has 1 N–H and O–H groups in total. The van der Waals surface area contributed by atoms with Gasteiger partial charge in [0.15, 0.2) is 0 Å². The number of para-hydroxylation sites is 2. The molecule has 1 heterocycles. The Hall–Kier alpha value is -3.50. The minimum Gasteiger partial charge on any atom is -0.492 e. The monoisotopic (exact) mass is 393 g/mol. The fraction of sp³-hybridized carbons (Fsp3) is 0.0952. The fourth-order valence-electron chi connectivity index (χ4n) is 2.41. The number of carbonyl (C=O) groups is 1. The minimum absolute atomic E-state index is 0.0812. The standard InChI is InChI=1S/C21H16FN3O2S/c1-2-27-19-6-4-3-5-18(19)25-20(26)15(12-23)11-17-13-28-21(24-17)14-7-9-16(22)10-8-14/h3-11,13H,2H2,1H3,(H,25,26)/b15-11+. The van der Waals surface area contributed by atoms with E-state index in [4.69, 9.17) is 4.74 Å². The summed E-state index contributed by atoms with van der Waals surface area (Å²) < 4.78 is 18.5. The summed E-state index contributed by atoms with van der Waals surface area (Å²) in [4.78, 5) is 16.9. The maximum atomic E-state index is 13.1. The third kappa shape index (κ3) is 4.61. The molecule has 0 fully saturated rings. The molecule has 3 aromatic rings. The van der Waals surface area contributed by atoms with Crippen molar-refractivity contribution in [1.82, 2.24) is 4.98 Å². The number of carbonyl (C=O) groups excluding carboxylic acids is 1. The van der Waals surface area contributed by atoms with E-state index in [9.17, 15) is 14.4 Å². The van der Waals surface area contributed by atoms with Crippen molar-refractivity contribution in [3.8, 4) is 22.4 Å². The van der Waals surface area contributed by atoms with Crippen LogP contribution in [0.5, 0.6) is 5.75 Å². The first kappa shape index (κ1) is 19.3. The van der Waals surface area contributed by atoms with E-state index in [1.165, 1.54) is 29.5 Å². The molecule has 0 aliphatic carbocycles. The predicted octanol–water partition coefficient (Wildman–Crippen LogP) is 4.89. The molecular weight excluding hydrogens is 377 g/mol. The fourth-order valence-corrected chi connectivity index (χ4v) is 3.20. The molecule has 0 unspecified atom stereocenters. The van der Waals surface area contributed by atoms with Gasteiger partial charge in [0.2, 0.25) is 0 Å². The van der Waals surface area contributed by atoms with Crippen molar-refractivity contribution in [2.75, 3.05) is 11.9 Å². The van der Waals surface area contributed by atoms with Crippen LogP contribution in [-0.4, -0.2) is 17.5 Å². The van der Waals surface area contributed by atoms with E-state index in [1.807, 2.05) is 13.0 Å². The summed E-state index contributed by atoms with van der Waals surface area (Å²) in [5.41, 5.74) is 1.65. The number of amides is 1.